The van der Waals surface area contributed by atoms with Crippen LogP contribution in [-0.2, 0) is 16.0 Å². The summed E-state index contributed by atoms with van der Waals surface area (Å²) >= 11 is 0. The molecule has 0 fully saturated rings. The van der Waals surface area contributed by atoms with Gasteiger partial charge in [-0.1, -0.05) is 12.1 Å². The second kappa shape index (κ2) is 11.5. The van der Waals surface area contributed by atoms with E-state index in [1.54, 1.807) is 36.5 Å². The van der Waals surface area contributed by atoms with Crippen LogP contribution in [0.5, 0.6) is 5.75 Å². The molecule has 2 aromatic carbocycles. The smallest absolute Gasteiger partial charge is 0.313 e. The van der Waals surface area contributed by atoms with Crippen molar-refractivity contribution in [2.45, 2.75) is 25.8 Å². The lowest BCUT2D eigenvalue weighted by atomic mass is 9.94. The zero-order valence-electron chi connectivity index (χ0n) is 21.6. The molecule has 0 atom stereocenters. The zero-order chi connectivity index (χ0) is 28.0. The van der Waals surface area contributed by atoms with Crippen LogP contribution in [-0.4, -0.2) is 40.6 Å². The fraction of sp³-hybridized carbons (Fsp3) is 0.179. The summed E-state index contributed by atoms with van der Waals surface area (Å²) < 4.78 is 11.5. The van der Waals surface area contributed by atoms with E-state index in [1.807, 2.05) is 26.0 Å². The van der Waals surface area contributed by atoms with Crippen LogP contribution in [0.1, 0.15) is 29.8 Å². The predicted molar refractivity (Wildman–Crippen MR) is 141 cm³/mol. The van der Waals surface area contributed by atoms with Crippen LogP contribution in [0.3, 0.4) is 0 Å². The van der Waals surface area contributed by atoms with Gasteiger partial charge in [-0.3, -0.25) is 19.6 Å². The number of pyridine rings is 1. The van der Waals surface area contributed by atoms with Crippen molar-refractivity contribution >= 4 is 29.1 Å². The monoisotopic (exact) mass is 530 g/mol. The van der Waals surface area contributed by atoms with E-state index in [0.717, 1.165) is 10.3 Å². The van der Waals surface area contributed by atoms with Crippen molar-refractivity contribution in [3.05, 3.63) is 90.7 Å². The highest BCUT2D eigenvalue weighted by Gasteiger charge is 2.25. The van der Waals surface area contributed by atoms with Crippen molar-refractivity contribution in [2.24, 2.45) is 0 Å². The van der Waals surface area contributed by atoms with Crippen molar-refractivity contribution in [1.29, 1.82) is 0 Å². The number of amides is 3. The molecule has 0 bridgehead atoms. The Morgan fingerprint density at radius 1 is 0.974 bits per heavy atom. The Morgan fingerprint density at radius 3 is 2.31 bits per heavy atom. The number of anilines is 2. The van der Waals surface area contributed by atoms with Crippen LogP contribution in [0.25, 0.3) is 11.3 Å². The number of aromatic nitrogens is 2. The summed E-state index contributed by atoms with van der Waals surface area (Å²) in [6.07, 6.45) is 6.02. The van der Waals surface area contributed by atoms with Gasteiger partial charge in [-0.2, -0.15) is 0 Å². The van der Waals surface area contributed by atoms with Gasteiger partial charge >= 0.3 is 11.8 Å². The lowest BCUT2D eigenvalue weighted by Crippen LogP contribution is -2.49. The normalized spacial score (nSPS) is 10.9. The fourth-order valence-corrected chi connectivity index (χ4v) is 3.91. The Morgan fingerprint density at radius 2 is 1.67 bits per heavy atom. The second-order valence-corrected chi connectivity index (χ2v) is 9.37. The number of nitrogens with one attached hydrogen (secondary N) is 3. The molecule has 0 unspecified atom stereocenters. The van der Waals surface area contributed by atoms with Gasteiger partial charge in [0.05, 0.1) is 24.4 Å². The van der Waals surface area contributed by atoms with Gasteiger partial charge in [-0.05, 0) is 50.1 Å². The first kappa shape index (κ1) is 26.9. The standard InChI is InChI=1S/C28H27N5O6/c1-28(2,15-18-4-6-20(7-5-18)30-25(34)19-10-12-33(37)13-11-19)32-27(36)26(35)31-21-8-9-22(23(14-21)38-3)24-16-29-17-39-24/h4-14,16-17H,15H2,1-3H3,(H3-,30,31,32,34,35,36,37)/p+1. The highest BCUT2D eigenvalue weighted by molar-refractivity contribution is 6.39. The molecule has 11 nitrogen and oxygen atoms in total. The minimum atomic E-state index is -0.816. The summed E-state index contributed by atoms with van der Waals surface area (Å²) in [4.78, 5) is 41.5. The van der Waals surface area contributed by atoms with E-state index in [1.165, 1.54) is 38.0 Å². The molecule has 0 aliphatic carbocycles. The number of oxazole rings is 1. The maximum Gasteiger partial charge on any atom is 0.313 e. The average Bonchev–Trinajstić information content (AvgIpc) is 3.44. The summed E-state index contributed by atoms with van der Waals surface area (Å²) in [6.45, 7) is 3.62. The SMILES string of the molecule is COc1cc(NC(=O)C(=O)NC(C)(C)Cc2ccc(NC(=O)c3cc[n+](O)cc3)cc2)ccc1-c1cnco1. The van der Waals surface area contributed by atoms with Crippen molar-refractivity contribution in [3.8, 4) is 17.1 Å². The van der Waals surface area contributed by atoms with Crippen molar-refractivity contribution in [2.75, 3.05) is 17.7 Å². The van der Waals surface area contributed by atoms with E-state index in [2.05, 4.69) is 20.9 Å². The van der Waals surface area contributed by atoms with Crippen LogP contribution < -0.4 is 25.4 Å². The van der Waals surface area contributed by atoms with Crippen LogP contribution in [0.15, 0.2) is 84.0 Å². The summed E-state index contributed by atoms with van der Waals surface area (Å²) in [6, 6.07) is 15.1. The maximum atomic E-state index is 12.7. The van der Waals surface area contributed by atoms with Gasteiger partial charge in [0.2, 0.25) is 12.4 Å². The molecule has 0 aliphatic rings. The molecular formula is C28H28N5O6+. The Hall–Kier alpha value is -5.19. The molecule has 0 saturated carbocycles. The second-order valence-electron chi connectivity index (χ2n) is 9.37. The first-order valence-corrected chi connectivity index (χ1v) is 11.9. The molecular weight excluding hydrogens is 502 g/mol. The van der Waals surface area contributed by atoms with Gasteiger partial charge in [0, 0.05) is 39.8 Å². The van der Waals surface area contributed by atoms with Gasteiger partial charge in [-0.25, -0.2) is 4.98 Å². The maximum absolute atomic E-state index is 12.7. The number of hydrogen-bond acceptors (Lipinski definition) is 7. The molecule has 0 saturated heterocycles. The molecule has 0 radical (unpaired) electrons. The van der Waals surface area contributed by atoms with Crippen molar-refractivity contribution in [3.63, 3.8) is 0 Å². The lowest BCUT2D eigenvalue weighted by Gasteiger charge is -2.26. The lowest BCUT2D eigenvalue weighted by molar-refractivity contribution is -0.904. The van der Waals surface area contributed by atoms with E-state index < -0.39 is 17.4 Å². The molecule has 39 heavy (non-hydrogen) atoms. The Labute approximate surface area is 224 Å². The third-order valence-electron chi connectivity index (χ3n) is 5.75. The first-order chi connectivity index (χ1) is 18.6. The molecule has 0 spiro atoms. The number of methoxy groups -OCH3 is 1. The number of benzene rings is 2. The van der Waals surface area contributed by atoms with Crippen LogP contribution in [0, 0.1) is 0 Å². The van der Waals surface area contributed by atoms with E-state index >= 15 is 0 Å². The fourth-order valence-electron chi connectivity index (χ4n) is 3.91. The molecule has 200 valence electrons. The number of nitrogens with zero attached hydrogens (tertiary/aromatic N) is 2. The number of carbonyl (C=O) groups excluding carboxylic acids is 3. The van der Waals surface area contributed by atoms with Gasteiger partial charge < -0.3 is 25.1 Å². The molecule has 3 amide bonds. The highest BCUT2D eigenvalue weighted by atomic mass is 16.5. The molecule has 2 heterocycles. The number of ether oxygens (including phenoxy) is 1. The average molecular weight is 531 g/mol. The van der Waals surface area contributed by atoms with Gasteiger partial charge in [0.25, 0.3) is 5.91 Å². The number of carbonyl (C=O) groups is 3. The minimum Gasteiger partial charge on any atom is -0.496 e. The topological polar surface area (TPSA) is 147 Å². The molecule has 11 heteroatoms. The third kappa shape index (κ3) is 6.98. The Balaban J connectivity index is 1.32. The van der Waals surface area contributed by atoms with E-state index in [0.29, 0.717) is 40.4 Å². The quantitative estimate of drug-likeness (QED) is 0.155. The highest BCUT2D eigenvalue weighted by Crippen LogP contribution is 2.32. The van der Waals surface area contributed by atoms with E-state index in [9.17, 15) is 19.6 Å². The minimum absolute atomic E-state index is 0.313. The van der Waals surface area contributed by atoms with Crippen molar-refractivity contribution in [1.82, 2.24) is 10.3 Å². The van der Waals surface area contributed by atoms with E-state index in [4.69, 9.17) is 9.15 Å². The Kier molecular flexibility index (Phi) is 7.90. The van der Waals surface area contributed by atoms with Crippen LogP contribution in [0.2, 0.25) is 0 Å². The van der Waals surface area contributed by atoms with Gasteiger partial charge in [0.15, 0.2) is 12.2 Å². The number of rotatable bonds is 8. The summed E-state index contributed by atoms with van der Waals surface area (Å²) in [5, 5.41) is 17.4. The first-order valence-electron chi connectivity index (χ1n) is 11.9. The summed E-state index contributed by atoms with van der Waals surface area (Å²) in [7, 11) is 1.49. The van der Waals surface area contributed by atoms with Crippen molar-refractivity contribution < 1.29 is 33.5 Å². The largest absolute Gasteiger partial charge is 0.496 e. The van der Waals surface area contributed by atoms with Gasteiger partial charge in [-0.15, -0.1) is 0 Å². The molecule has 0 aliphatic heterocycles. The summed E-state index contributed by atoms with van der Waals surface area (Å²) in [5.74, 6) is -0.951. The molecule has 2 aromatic heterocycles. The molecule has 4 N–H and O–H groups in total. The van der Waals surface area contributed by atoms with Gasteiger partial charge in [0.1, 0.15) is 5.75 Å². The molecule has 4 aromatic rings. The predicted octanol–water partition coefficient (Wildman–Crippen LogP) is 3.20. The van der Waals surface area contributed by atoms with Crippen LogP contribution in [0.4, 0.5) is 11.4 Å². The third-order valence-corrected chi connectivity index (χ3v) is 5.75. The van der Waals surface area contributed by atoms with Crippen LogP contribution >= 0.6 is 0 Å². The van der Waals surface area contributed by atoms with E-state index in [-0.39, 0.29) is 5.91 Å². The molecule has 4 rings (SSSR count). The Bertz CT molecular complexity index is 1470. The number of hydrogen-bond donors (Lipinski definition) is 4. The zero-order valence-corrected chi connectivity index (χ0v) is 21.6. The summed E-state index contributed by atoms with van der Waals surface area (Å²) in [5.41, 5.74) is 2.19.